The maximum atomic E-state index is 15.4. The molecule has 0 saturated heterocycles. The van der Waals surface area contributed by atoms with Gasteiger partial charge in [-0.1, -0.05) is 64.5 Å². The molecule has 0 fully saturated rings. The molecule has 0 spiro atoms. The summed E-state index contributed by atoms with van der Waals surface area (Å²) in [6.45, 7) is 4.16. The lowest BCUT2D eigenvalue weighted by Gasteiger charge is -2.18. The molecule has 3 aromatic rings. The summed E-state index contributed by atoms with van der Waals surface area (Å²) in [5.41, 5.74) is 0.602. The summed E-state index contributed by atoms with van der Waals surface area (Å²) in [4.78, 5) is 20.4. The summed E-state index contributed by atoms with van der Waals surface area (Å²) in [7, 11) is 0. The molecule has 0 N–H and O–H groups in total. The molecule has 2 heterocycles. The fourth-order valence-electron chi connectivity index (χ4n) is 4.74. The van der Waals surface area contributed by atoms with Crippen LogP contribution in [0, 0.1) is 5.82 Å². The van der Waals surface area contributed by atoms with Crippen LogP contribution in [0.5, 0.6) is 11.5 Å². The molecule has 1 atom stereocenters. The summed E-state index contributed by atoms with van der Waals surface area (Å²) < 4.78 is 56.6. The van der Waals surface area contributed by atoms with E-state index in [1.54, 1.807) is 24.3 Å². The van der Waals surface area contributed by atoms with Crippen molar-refractivity contribution in [2.75, 3.05) is 0 Å². The molecule has 1 aliphatic rings. The SMILES string of the molecule is CCCCCCCC1Oc2ccc(-c3ncc(-c4ccc(OC(=O)CCCCC)cc4)cn3)c(F)c2C1(F)F. The predicted octanol–water partition coefficient (Wildman–Crippen LogP) is 8.65. The normalized spacial score (nSPS) is 15.6. The van der Waals surface area contributed by atoms with Gasteiger partial charge in [0.05, 0.1) is 5.56 Å². The number of esters is 1. The van der Waals surface area contributed by atoms with Gasteiger partial charge < -0.3 is 9.47 Å². The van der Waals surface area contributed by atoms with E-state index in [2.05, 4.69) is 23.8 Å². The van der Waals surface area contributed by atoms with E-state index < -0.39 is 23.4 Å². The number of halogens is 3. The van der Waals surface area contributed by atoms with Crippen molar-refractivity contribution in [3.63, 3.8) is 0 Å². The Hall–Kier alpha value is -3.42. The smallest absolute Gasteiger partial charge is 0.315 e. The second-order valence-corrected chi connectivity index (χ2v) is 9.98. The fraction of sp³-hybridized carbons (Fsp3) is 0.452. The zero-order chi connectivity index (χ0) is 27.8. The van der Waals surface area contributed by atoms with Gasteiger partial charge in [0.1, 0.15) is 22.9 Å². The van der Waals surface area contributed by atoms with E-state index in [0.29, 0.717) is 24.2 Å². The third kappa shape index (κ3) is 6.78. The Labute approximate surface area is 227 Å². The Bertz CT molecular complexity index is 1250. The first-order valence-corrected chi connectivity index (χ1v) is 13.9. The Morgan fingerprint density at radius 3 is 2.26 bits per heavy atom. The number of benzene rings is 2. The van der Waals surface area contributed by atoms with E-state index in [4.69, 9.17) is 9.47 Å². The molecule has 1 unspecified atom stereocenters. The first-order valence-electron chi connectivity index (χ1n) is 13.9. The molecule has 0 amide bonds. The maximum absolute atomic E-state index is 15.4. The number of nitrogens with zero attached hydrogens (tertiary/aromatic N) is 2. The van der Waals surface area contributed by atoms with Gasteiger partial charge in [-0.05, 0) is 49.1 Å². The molecular weight excluding hydrogens is 505 g/mol. The van der Waals surface area contributed by atoms with Crippen molar-refractivity contribution in [1.82, 2.24) is 9.97 Å². The van der Waals surface area contributed by atoms with Crippen molar-refractivity contribution < 1.29 is 27.4 Å². The van der Waals surface area contributed by atoms with Crippen LogP contribution in [0.2, 0.25) is 0 Å². The minimum Gasteiger partial charge on any atom is -0.483 e. The fourth-order valence-corrected chi connectivity index (χ4v) is 4.74. The van der Waals surface area contributed by atoms with Crippen LogP contribution in [0.25, 0.3) is 22.5 Å². The van der Waals surface area contributed by atoms with Gasteiger partial charge in [0.25, 0.3) is 0 Å². The molecule has 0 aliphatic carbocycles. The molecule has 5 nitrogen and oxygen atoms in total. The molecule has 4 rings (SSSR count). The number of fused-ring (bicyclic) bond motifs is 1. The zero-order valence-corrected chi connectivity index (χ0v) is 22.5. The van der Waals surface area contributed by atoms with Crippen LogP contribution in [-0.4, -0.2) is 22.0 Å². The molecule has 1 aliphatic heterocycles. The van der Waals surface area contributed by atoms with Crippen molar-refractivity contribution in [1.29, 1.82) is 0 Å². The van der Waals surface area contributed by atoms with Crippen LogP contribution < -0.4 is 9.47 Å². The number of carbonyl (C=O) groups excluding carboxylic acids is 1. The number of unbranched alkanes of at least 4 members (excludes halogenated alkanes) is 6. The molecule has 0 radical (unpaired) electrons. The van der Waals surface area contributed by atoms with E-state index in [1.165, 1.54) is 24.5 Å². The molecule has 208 valence electrons. The quantitative estimate of drug-likeness (QED) is 0.123. The van der Waals surface area contributed by atoms with Crippen molar-refractivity contribution in [3.8, 4) is 34.0 Å². The van der Waals surface area contributed by atoms with Crippen LogP contribution in [-0.2, 0) is 10.7 Å². The number of hydrogen-bond donors (Lipinski definition) is 0. The van der Waals surface area contributed by atoms with Crippen LogP contribution in [0.3, 0.4) is 0 Å². The van der Waals surface area contributed by atoms with Gasteiger partial charge >= 0.3 is 11.9 Å². The highest BCUT2D eigenvalue weighted by Crippen LogP contribution is 2.50. The van der Waals surface area contributed by atoms with E-state index in [9.17, 15) is 4.79 Å². The number of rotatable bonds is 13. The first-order chi connectivity index (χ1) is 18.8. The van der Waals surface area contributed by atoms with Gasteiger partial charge in [-0.2, -0.15) is 8.78 Å². The largest absolute Gasteiger partial charge is 0.483 e. The molecule has 1 aromatic heterocycles. The van der Waals surface area contributed by atoms with Crippen LogP contribution in [0.4, 0.5) is 13.2 Å². The summed E-state index contributed by atoms with van der Waals surface area (Å²) in [6.07, 6.45) is 9.58. The summed E-state index contributed by atoms with van der Waals surface area (Å²) in [6, 6.07) is 9.66. The van der Waals surface area contributed by atoms with Gasteiger partial charge in [-0.25, -0.2) is 14.4 Å². The van der Waals surface area contributed by atoms with Crippen LogP contribution >= 0.6 is 0 Å². The topological polar surface area (TPSA) is 61.3 Å². The highest BCUT2D eigenvalue weighted by molar-refractivity contribution is 5.73. The van der Waals surface area contributed by atoms with Crippen molar-refractivity contribution >= 4 is 5.97 Å². The number of aromatic nitrogens is 2. The average molecular weight is 541 g/mol. The molecule has 39 heavy (non-hydrogen) atoms. The van der Waals surface area contributed by atoms with E-state index >= 15 is 13.2 Å². The molecule has 0 bridgehead atoms. The number of ether oxygens (including phenoxy) is 2. The van der Waals surface area contributed by atoms with Crippen molar-refractivity contribution in [3.05, 3.63) is 60.2 Å². The lowest BCUT2D eigenvalue weighted by atomic mass is 9.98. The Morgan fingerprint density at radius 1 is 0.897 bits per heavy atom. The first kappa shape index (κ1) is 28.6. The Kier molecular flexibility index (Phi) is 9.59. The second kappa shape index (κ2) is 13.1. The van der Waals surface area contributed by atoms with Gasteiger partial charge in [-0.15, -0.1) is 0 Å². The Balaban J connectivity index is 1.43. The highest BCUT2D eigenvalue weighted by atomic mass is 19.3. The van der Waals surface area contributed by atoms with E-state index in [1.807, 2.05) is 0 Å². The Morgan fingerprint density at radius 2 is 1.56 bits per heavy atom. The number of alkyl halides is 2. The molecule has 2 aromatic carbocycles. The zero-order valence-electron chi connectivity index (χ0n) is 22.5. The molecular formula is C31H35F3N2O3. The third-order valence-corrected chi connectivity index (χ3v) is 6.98. The average Bonchev–Trinajstić information content (AvgIpc) is 3.19. The van der Waals surface area contributed by atoms with Gasteiger partial charge in [-0.3, -0.25) is 4.79 Å². The summed E-state index contributed by atoms with van der Waals surface area (Å²) >= 11 is 0. The van der Waals surface area contributed by atoms with E-state index in [-0.39, 0.29) is 29.5 Å². The van der Waals surface area contributed by atoms with Crippen LogP contribution in [0.1, 0.15) is 83.6 Å². The van der Waals surface area contributed by atoms with Crippen molar-refractivity contribution in [2.45, 2.75) is 90.1 Å². The standard InChI is InChI=1S/C31H35F3N2O3/c1-3-5-7-8-10-11-26-31(33,34)28-25(39-26)18-17-24(29(28)32)30-35-19-22(20-36-30)21-13-15-23(16-14-21)38-27(37)12-9-6-4-2/h13-20,26H,3-12H2,1-2H3. The predicted molar refractivity (Wildman–Crippen MR) is 144 cm³/mol. The van der Waals surface area contributed by atoms with E-state index in [0.717, 1.165) is 50.5 Å². The number of carbonyl (C=O) groups is 1. The lowest BCUT2D eigenvalue weighted by molar-refractivity contribution is -0.134. The maximum Gasteiger partial charge on any atom is 0.315 e. The summed E-state index contributed by atoms with van der Waals surface area (Å²) in [5.74, 6) is -4.42. The van der Waals surface area contributed by atoms with Gasteiger partial charge in [0, 0.05) is 24.4 Å². The lowest BCUT2D eigenvalue weighted by Crippen LogP contribution is -2.30. The molecule has 8 heteroatoms. The molecule has 0 saturated carbocycles. The highest BCUT2D eigenvalue weighted by Gasteiger charge is 2.53. The minimum atomic E-state index is -3.43. The third-order valence-electron chi connectivity index (χ3n) is 6.98. The summed E-state index contributed by atoms with van der Waals surface area (Å²) in [5, 5.41) is 0. The van der Waals surface area contributed by atoms with Crippen LogP contribution in [0.15, 0.2) is 48.8 Å². The van der Waals surface area contributed by atoms with Gasteiger partial charge in [0.2, 0.25) is 0 Å². The van der Waals surface area contributed by atoms with Gasteiger partial charge in [0.15, 0.2) is 11.9 Å². The minimum absolute atomic E-state index is 0.00972. The monoisotopic (exact) mass is 540 g/mol. The number of hydrogen-bond acceptors (Lipinski definition) is 5. The second-order valence-electron chi connectivity index (χ2n) is 9.98. The van der Waals surface area contributed by atoms with Crippen molar-refractivity contribution in [2.24, 2.45) is 0 Å².